The third-order valence-corrected chi connectivity index (χ3v) is 8.50. The Kier molecular flexibility index (Phi) is 8.41. The third kappa shape index (κ3) is 6.00. The number of amides is 2. The van der Waals surface area contributed by atoms with Gasteiger partial charge in [-0.05, 0) is 23.8 Å². The highest BCUT2D eigenvalue weighted by atomic mass is 35.5. The number of carboxylic acid groups (broad SMARTS) is 1. The van der Waals surface area contributed by atoms with Gasteiger partial charge in [0, 0.05) is 53.1 Å². The Morgan fingerprint density at radius 1 is 1.20 bits per heavy atom. The maximum atomic E-state index is 13.5. The number of aliphatic carboxylic acids is 1. The van der Waals surface area contributed by atoms with Crippen molar-refractivity contribution in [2.24, 2.45) is 0 Å². The van der Waals surface area contributed by atoms with E-state index < -0.39 is 12.0 Å². The van der Waals surface area contributed by atoms with E-state index in [1.807, 2.05) is 24.3 Å². The summed E-state index contributed by atoms with van der Waals surface area (Å²) in [5.74, 6) is -1.01. The fourth-order valence-electron chi connectivity index (χ4n) is 4.79. The number of rotatable bonds is 9. The van der Waals surface area contributed by atoms with Crippen molar-refractivity contribution in [2.45, 2.75) is 37.8 Å². The molecule has 2 aromatic heterocycles. The summed E-state index contributed by atoms with van der Waals surface area (Å²) in [7, 11) is 1.58. The van der Waals surface area contributed by atoms with E-state index in [9.17, 15) is 14.4 Å². The van der Waals surface area contributed by atoms with Gasteiger partial charge in [0.1, 0.15) is 11.5 Å². The fraction of sp³-hybridized carbons (Fsp3) is 0.286. The monoisotopic (exact) mass is 601 g/mol. The number of nitrogens with one attached hydrogen (secondary N) is 1. The molecule has 2 N–H and O–H groups in total. The number of aryl methyl sites for hydroxylation is 1. The molecule has 0 aliphatic carbocycles. The average molecular weight is 602 g/mol. The Bertz CT molecular complexity index is 1590. The fourth-order valence-corrected chi connectivity index (χ4v) is 6.19. The smallest absolute Gasteiger partial charge is 0.303 e. The van der Waals surface area contributed by atoms with Crippen molar-refractivity contribution in [3.63, 3.8) is 0 Å². The number of methoxy groups -OCH3 is 1. The summed E-state index contributed by atoms with van der Waals surface area (Å²) in [6.45, 7) is 0.353. The van der Waals surface area contributed by atoms with Crippen molar-refractivity contribution in [3.05, 3.63) is 80.5 Å². The molecule has 2 amide bonds. The first-order valence-electron chi connectivity index (χ1n) is 12.5. The van der Waals surface area contributed by atoms with Gasteiger partial charge in [0.15, 0.2) is 0 Å². The summed E-state index contributed by atoms with van der Waals surface area (Å²) >= 11 is 14.5. The van der Waals surface area contributed by atoms with Gasteiger partial charge in [-0.25, -0.2) is 0 Å². The number of halogens is 2. The van der Waals surface area contributed by atoms with E-state index in [1.165, 1.54) is 11.3 Å². The predicted octanol–water partition coefficient (Wildman–Crippen LogP) is 6.00. The van der Waals surface area contributed by atoms with Crippen LogP contribution in [0.5, 0.6) is 0 Å². The van der Waals surface area contributed by atoms with Crippen LogP contribution < -0.4 is 5.32 Å². The zero-order valence-corrected chi connectivity index (χ0v) is 23.7. The van der Waals surface area contributed by atoms with Crippen molar-refractivity contribution >= 4 is 68.1 Å². The normalized spacial score (nSPS) is 16.9. The van der Waals surface area contributed by atoms with Crippen LogP contribution in [0.15, 0.2) is 52.4 Å². The first kappa shape index (κ1) is 28.1. The van der Waals surface area contributed by atoms with Gasteiger partial charge in [0.2, 0.25) is 5.91 Å². The van der Waals surface area contributed by atoms with Crippen molar-refractivity contribution in [1.29, 1.82) is 0 Å². The lowest BCUT2D eigenvalue weighted by atomic mass is 10.1. The Balaban J connectivity index is 1.30. The summed E-state index contributed by atoms with van der Waals surface area (Å²) in [5, 5.41) is 19.0. The number of nitrogens with zero attached hydrogens (tertiary/aromatic N) is 2. The molecule has 0 radical (unpaired) electrons. The standard InChI is InChI=1S/C28H25Cl2N3O6S/c1-38-17-11-24(23-10-16(39-32-23)6-7-27(35)36)33(13-17)26(34)9-15-8-21(30)22(12-20(15)29)31-28(37)19-14-40-25-5-3-2-4-18(19)25/h2-5,8,10,12,14,17,24H,6-7,9,11,13H2,1H3,(H,31,37)(H,35,36)/t17-,24-/m0/s1. The molecule has 1 fully saturated rings. The number of carbonyl (C=O) groups excluding carboxylic acids is 2. The minimum Gasteiger partial charge on any atom is -0.481 e. The molecule has 0 saturated carbocycles. The van der Waals surface area contributed by atoms with Crippen LogP contribution in [-0.4, -0.2) is 52.7 Å². The lowest BCUT2D eigenvalue weighted by Gasteiger charge is -2.23. The molecule has 1 aliphatic rings. The van der Waals surface area contributed by atoms with Gasteiger partial charge in [-0.15, -0.1) is 11.3 Å². The lowest BCUT2D eigenvalue weighted by molar-refractivity contribution is -0.137. The highest BCUT2D eigenvalue weighted by Gasteiger charge is 2.38. The van der Waals surface area contributed by atoms with Crippen LogP contribution in [0.4, 0.5) is 5.69 Å². The summed E-state index contributed by atoms with van der Waals surface area (Å²) in [5.41, 5.74) is 1.94. The Hall–Kier alpha value is -3.44. The number of fused-ring (bicyclic) bond motifs is 1. The number of thiophene rings is 1. The number of carboxylic acids is 1. The van der Waals surface area contributed by atoms with Gasteiger partial charge in [-0.1, -0.05) is 46.6 Å². The van der Waals surface area contributed by atoms with Crippen LogP contribution in [-0.2, 0) is 27.2 Å². The summed E-state index contributed by atoms with van der Waals surface area (Å²) < 4.78 is 11.8. The van der Waals surface area contributed by atoms with Crippen molar-refractivity contribution in [1.82, 2.24) is 10.1 Å². The lowest BCUT2D eigenvalue weighted by Crippen LogP contribution is -2.33. The number of hydrogen-bond donors (Lipinski definition) is 2. The number of likely N-dealkylation sites (tertiary alicyclic amines) is 1. The molecule has 40 heavy (non-hydrogen) atoms. The SMILES string of the molecule is CO[C@H]1C[C@@H](c2cc(CCC(=O)O)on2)N(C(=O)Cc2cc(Cl)c(NC(=O)c3csc4ccccc34)cc2Cl)C1. The van der Waals surface area contributed by atoms with Crippen molar-refractivity contribution in [3.8, 4) is 0 Å². The number of anilines is 1. The molecule has 9 nitrogen and oxygen atoms in total. The second-order valence-electron chi connectivity index (χ2n) is 9.47. The second-order valence-corrected chi connectivity index (χ2v) is 11.2. The average Bonchev–Trinajstić information content (AvgIpc) is 3.68. The number of ether oxygens (including phenoxy) is 1. The number of hydrogen-bond acceptors (Lipinski definition) is 7. The topological polar surface area (TPSA) is 122 Å². The molecule has 0 unspecified atom stereocenters. The number of aromatic nitrogens is 1. The maximum Gasteiger partial charge on any atom is 0.303 e. The van der Waals surface area contributed by atoms with Crippen LogP contribution in [0.2, 0.25) is 10.0 Å². The van der Waals surface area contributed by atoms with Crippen molar-refractivity contribution in [2.75, 3.05) is 19.0 Å². The van der Waals surface area contributed by atoms with Crippen LogP contribution in [0, 0.1) is 0 Å². The highest BCUT2D eigenvalue weighted by Crippen LogP contribution is 2.36. The van der Waals surface area contributed by atoms with E-state index in [0.29, 0.717) is 46.3 Å². The minimum absolute atomic E-state index is 0.0292. The van der Waals surface area contributed by atoms with E-state index in [2.05, 4.69) is 10.5 Å². The van der Waals surface area contributed by atoms with E-state index in [4.69, 9.17) is 37.6 Å². The summed E-state index contributed by atoms with van der Waals surface area (Å²) in [6.07, 6.45) is 0.416. The zero-order valence-electron chi connectivity index (χ0n) is 21.4. The molecule has 2 atom stereocenters. The molecule has 12 heteroatoms. The quantitative estimate of drug-likeness (QED) is 0.241. The van der Waals surface area contributed by atoms with Crippen LogP contribution in [0.3, 0.4) is 0 Å². The molecule has 4 aromatic rings. The largest absolute Gasteiger partial charge is 0.481 e. The van der Waals surface area contributed by atoms with Crippen molar-refractivity contribution < 1.29 is 28.8 Å². The number of benzene rings is 2. The highest BCUT2D eigenvalue weighted by molar-refractivity contribution is 7.17. The van der Waals surface area contributed by atoms with Gasteiger partial charge in [-0.3, -0.25) is 14.4 Å². The van der Waals surface area contributed by atoms with E-state index in [1.54, 1.807) is 35.6 Å². The minimum atomic E-state index is -0.934. The molecule has 0 bridgehead atoms. The Morgan fingerprint density at radius 3 is 2.77 bits per heavy atom. The molecule has 3 heterocycles. The van der Waals surface area contributed by atoms with Crippen LogP contribution in [0.1, 0.15) is 46.3 Å². The molecule has 0 spiro atoms. The molecule has 5 rings (SSSR count). The van der Waals surface area contributed by atoms with E-state index in [-0.39, 0.29) is 42.2 Å². The van der Waals surface area contributed by atoms with Gasteiger partial charge < -0.3 is 24.6 Å². The summed E-state index contributed by atoms with van der Waals surface area (Å²) in [6, 6.07) is 12.1. The van der Waals surface area contributed by atoms with Gasteiger partial charge in [-0.2, -0.15) is 0 Å². The van der Waals surface area contributed by atoms with E-state index >= 15 is 0 Å². The molecule has 2 aromatic carbocycles. The zero-order chi connectivity index (χ0) is 28.4. The summed E-state index contributed by atoms with van der Waals surface area (Å²) in [4.78, 5) is 39.0. The third-order valence-electron chi connectivity index (χ3n) is 6.87. The van der Waals surface area contributed by atoms with Gasteiger partial charge >= 0.3 is 5.97 Å². The first-order chi connectivity index (χ1) is 19.2. The van der Waals surface area contributed by atoms with Gasteiger partial charge in [0.05, 0.1) is 41.3 Å². The number of carbonyl (C=O) groups is 3. The first-order valence-corrected chi connectivity index (χ1v) is 14.1. The van der Waals surface area contributed by atoms with E-state index in [0.717, 1.165) is 10.1 Å². The van der Waals surface area contributed by atoms with Gasteiger partial charge in [0.25, 0.3) is 5.91 Å². The molecule has 208 valence electrons. The maximum absolute atomic E-state index is 13.5. The molecule has 1 saturated heterocycles. The molecular weight excluding hydrogens is 577 g/mol. The van der Waals surface area contributed by atoms with Crippen LogP contribution >= 0.6 is 34.5 Å². The molecule has 1 aliphatic heterocycles. The predicted molar refractivity (Wildman–Crippen MR) is 152 cm³/mol. The Labute approximate surface area is 243 Å². The molecular formula is C28H25Cl2N3O6S. The second kappa shape index (κ2) is 12.0. The van der Waals surface area contributed by atoms with Crippen LogP contribution in [0.25, 0.3) is 10.1 Å². The Morgan fingerprint density at radius 2 is 2.00 bits per heavy atom.